The number of hydrogen-bond donors (Lipinski definition) is 1. The fraction of sp³-hybridized carbons (Fsp3) is 0.667. The molecule has 2 aliphatic rings. The Hall–Kier alpha value is -0.530. The van der Waals surface area contributed by atoms with E-state index >= 15 is 0 Å². The van der Waals surface area contributed by atoms with E-state index in [4.69, 9.17) is 11.6 Å². The molecule has 1 aromatic carbocycles. The lowest BCUT2D eigenvalue weighted by atomic mass is 9.81. The van der Waals surface area contributed by atoms with Gasteiger partial charge in [-0.05, 0) is 67.3 Å². The van der Waals surface area contributed by atoms with Gasteiger partial charge in [-0.2, -0.15) is 0 Å². The molecule has 1 saturated carbocycles. The first-order valence-corrected chi connectivity index (χ1v) is 8.65. The summed E-state index contributed by atoms with van der Waals surface area (Å²) in [6.45, 7) is 3.53. The van der Waals surface area contributed by atoms with Crippen LogP contribution < -0.4 is 5.32 Å². The summed E-state index contributed by atoms with van der Waals surface area (Å²) in [4.78, 5) is 0. The lowest BCUT2D eigenvalue weighted by Gasteiger charge is -2.29. The zero-order chi connectivity index (χ0) is 13.9. The fourth-order valence-corrected chi connectivity index (χ4v) is 4.15. The van der Waals surface area contributed by atoms with Crippen molar-refractivity contribution in [1.29, 1.82) is 0 Å². The van der Waals surface area contributed by atoms with Crippen molar-refractivity contribution < 1.29 is 0 Å². The molecule has 0 heterocycles. The highest BCUT2D eigenvalue weighted by Crippen LogP contribution is 2.34. The van der Waals surface area contributed by atoms with Gasteiger partial charge in [0.2, 0.25) is 0 Å². The molecule has 1 aromatic rings. The number of nitrogens with one attached hydrogen (secondary N) is 1. The highest BCUT2D eigenvalue weighted by molar-refractivity contribution is 6.30. The van der Waals surface area contributed by atoms with Gasteiger partial charge in [0, 0.05) is 11.1 Å². The summed E-state index contributed by atoms with van der Waals surface area (Å²) in [5, 5.41) is 4.69. The van der Waals surface area contributed by atoms with E-state index in [1.807, 2.05) is 6.07 Å². The van der Waals surface area contributed by atoms with E-state index in [0.29, 0.717) is 6.04 Å². The smallest absolute Gasteiger partial charge is 0.0408 e. The van der Waals surface area contributed by atoms with Gasteiger partial charge in [-0.1, -0.05) is 43.9 Å². The van der Waals surface area contributed by atoms with Crippen LogP contribution in [-0.4, -0.2) is 6.54 Å². The van der Waals surface area contributed by atoms with Crippen molar-refractivity contribution in [3.8, 4) is 0 Å². The highest BCUT2D eigenvalue weighted by Gasteiger charge is 2.24. The third-order valence-electron chi connectivity index (χ3n) is 5.38. The Morgan fingerprint density at radius 1 is 1.10 bits per heavy atom. The fourth-order valence-electron chi connectivity index (χ4n) is 3.95. The topological polar surface area (TPSA) is 12.0 Å². The average molecular weight is 292 g/mol. The van der Waals surface area contributed by atoms with E-state index in [1.165, 1.54) is 62.6 Å². The lowest BCUT2D eigenvalue weighted by molar-refractivity contribution is 0.256. The maximum absolute atomic E-state index is 6.08. The number of aryl methyl sites for hydroxylation is 1. The Kier molecular flexibility index (Phi) is 4.68. The van der Waals surface area contributed by atoms with E-state index in [1.54, 1.807) is 0 Å². The minimum atomic E-state index is 0.561. The van der Waals surface area contributed by atoms with Crippen LogP contribution in [0, 0.1) is 11.8 Å². The second-order valence-corrected chi connectivity index (χ2v) is 7.07. The molecule has 1 nitrogen and oxygen atoms in total. The van der Waals surface area contributed by atoms with E-state index in [0.717, 1.165) is 16.9 Å². The summed E-state index contributed by atoms with van der Waals surface area (Å²) in [5.74, 6) is 1.90. The Morgan fingerprint density at radius 3 is 2.60 bits per heavy atom. The first kappa shape index (κ1) is 14.4. The van der Waals surface area contributed by atoms with Crippen molar-refractivity contribution in [2.24, 2.45) is 11.8 Å². The standard InChI is InChI=1S/C18H26ClN/c1-2-13-3-5-14(6-4-13)12-20-18-10-7-15-11-16(19)8-9-17(15)18/h8-9,11,13-14,18,20H,2-7,10,12H2,1H3. The van der Waals surface area contributed by atoms with Gasteiger partial charge < -0.3 is 5.32 Å². The van der Waals surface area contributed by atoms with Crippen molar-refractivity contribution in [2.75, 3.05) is 6.54 Å². The van der Waals surface area contributed by atoms with Crippen molar-refractivity contribution >= 4 is 11.6 Å². The molecule has 2 aliphatic carbocycles. The van der Waals surface area contributed by atoms with Crippen LogP contribution in [0.4, 0.5) is 0 Å². The number of hydrogen-bond acceptors (Lipinski definition) is 1. The molecule has 0 aliphatic heterocycles. The van der Waals surface area contributed by atoms with Crippen LogP contribution in [0.2, 0.25) is 5.02 Å². The van der Waals surface area contributed by atoms with Gasteiger partial charge in [0.05, 0.1) is 0 Å². The molecule has 1 atom stereocenters. The van der Waals surface area contributed by atoms with Gasteiger partial charge in [-0.25, -0.2) is 0 Å². The summed E-state index contributed by atoms with van der Waals surface area (Å²) in [6.07, 6.45) is 9.52. The first-order valence-electron chi connectivity index (χ1n) is 8.28. The molecule has 1 N–H and O–H groups in total. The van der Waals surface area contributed by atoms with Crippen LogP contribution in [0.25, 0.3) is 0 Å². The normalized spacial score (nSPS) is 29.4. The number of fused-ring (bicyclic) bond motifs is 1. The van der Waals surface area contributed by atoms with Gasteiger partial charge in [0.25, 0.3) is 0 Å². The van der Waals surface area contributed by atoms with Crippen molar-refractivity contribution in [3.63, 3.8) is 0 Å². The predicted octanol–water partition coefficient (Wildman–Crippen LogP) is 5.13. The van der Waals surface area contributed by atoms with Crippen LogP contribution in [-0.2, 0) is 6.42 Å². The zero-order valence-electron chi connectivity index (χ0n) is 12.5. The Bertz CT molecular complexity index is 449. The molecule has 0 saturated heterocycles. The van der Waals surface area contributed by atoms with Crippen LogP contribution in [0.15, 0.2) is 18.2 Å². The zero-order valence-corrected chi connectivity index (χ0v) is 13.3. The molecule has 0 aromatic heterocycles. The predicted molar refractivity (Wildman–Crippen MR) is 86.3 cm³/mol. The van der Waals surface area contributed by atoms with E-state index in [2.05, 4.69) is 24.4 Å². The highest BCUT2D eigenvalue weighted by atomic mass is 35.5. The summed E-state index contributed by atoms with van der Waals surface area (Å²) < 4.78 is 0. The maximum Gasteiger partial charge on any atom is 0.0408 e. The van der Waals surface area contributed by atoms with E-state index < -0.39 is 0 Å². The summed E-state index contributed by atoms with van der Waals surface area (Å²) in [6, 6.07) is 6.96. The molecular weight excluding hydrogens is 266 g/mol. The number of halogens is 1. The summed E-state index contributed by atoms with van der Waals surface area (Å²) in [5.41, 5.74) is 2.93. The molecule has 110 valence electrons. The van der Waals surface area contributed by atoms with Crippen LogP contribution >= 0.6 is 11.6 Å². The second-order valence-electron chi connectivity index (χ2n) is 6.64. The molecule has 20 heavy (non-hydrogen) atoms. The van der Waals surface area contributed by atoms with Gasteiger partial charge in [0.15, 0.2) is 0 Å². The summed E-state index contributed by atoms with van der Waals surface area (Å²) >= 11 is 6.08. The number of benzene rings is 1. The van der Waals surface area contributed by atoms with Crippen LogP contribution in [0.5, 0.6) is 0 Å². The van der Waals surface area contributed by atoms with Crippen LogP contribution in [0.1, 0.15) is 62.6 Å². The van der Waals surface area contributed by atoms with Crippen LogP contribution in [0.3, 0.4) is 0 Å². The third kappa shape index (κ3) is 3.20. The van der Waals surface area contributed by atoms with Gasteiger partial charge in [-0.3, -0.25) is 0 Å². The van der Waals surface area contributed by atoms with Gasteiger partial charge in [-0.15, -0.1) is 0 Å². The Labute approximate surface area is 128 Å². The second kappa shape index (κ2) is 6.49. The molecule has 0 radical (unpaired) electrons. The first-order chi connectivity index (χ1) is 9.76. The quantitative estimate of drug-likeness (QED) is 0.810. The molecule has 1 fully saturated rings. The Balaban J connectivity index is 1.51. The molecule has 0 spiro atoms. The molecule has 0 bridgehead atoms. The Morgan fingerprint density at radius 2 is 1.85 bits per heavy atom. The maximum atomic E-state index is 6.08. The minimum absolute atomic E-state index is 0.561. The lowest BCUT2D eigenvalue weighted by Crippen LogP contribution is -2.28. The van der Waals surface area contributed by atoms with Gasteiger partial charge >= 0.3 is 0 Å². The van der Waals surface area contributed by atoms with Crippen molar-refractivity contribution in [1.82, 2.24) is 5.32 Å². The molecular formula is C18H26ClN. The monoisotopic (exact) mass is 291 g/mol. The minimum Gasteiger partial charge on any atom is -0.310 e. The van der Waals surface area contributed by atoms with Gasteiger partial charge in [0.1, 0.15) is 0 Å². The summed E-state index contributed by atoms with van der Waals surface area (Å²) in [7, 11) is 0. The molecule has 0 amide bonds. The largest absolute Gasteiger partial charge is 0.310 e. The van der Waals surface area contributed by atoms with Crippen molar-refractivity contribution in [2.45, 2.75) is 57.9 Å². The molecule has 1 unspecified atom stereocenters. The SMILES string of the molecule is CCC1CCC(CNC2CCc3cc(Cl)ccc32)CC1. The number of rotatable bonds is 4. The van der Waals surface area contributed by atoms with Crippen molar-refractivity contribution in [3.05, 3.63) is 34.3 Å². The molecule has 3 rings (SSSR count). The van der Waals surface area contributed by atoms with E-state index in [9.17, 15) is 0 Å². The molecule has 2 heteroatoms. The average Bonchev–Trinajstić information content (AvgIpc) is 2.88. The third-order valence-corrected chi connectivity index (χ3v) is 5.61. The van der Waals surface area contributed by atoms with E-state index in [-0.39, 0.29) is 0 Å².